The highest BCUT2D eigenvalue weighted by Crippen LogP contribution is 2.12. The predicted octanol–water partition coefficient (Wildman–Crippen LogP) is 1.69. The van der Waals surface area contributed by atoms with Crippen molar-refractivity contribution >= 4 is 0 Å². The van der Waals surface area contributed by atoms with Crippen molar-refractivity contribution in [2.45, 2.75) is 12.8 Å². The second kappa shape index (κ2) is 9.23. The molecule has 0 spiro atoms. The highest BCUT2D eigenvalue weighted by atomic mass is 19.3. The number of halogens is 2. The fourth-order valence-corrected chi connectivity index (χ4v) is 1.72. The van der Waals surface area contributed by atoms with Gasteiger partial charge in [-0.3, -0.25) is 4.90 Å². The molecule has 6 heteroatoms. The van der Waals surface area contributed by atoms with Crippen molar-refractivity contribution in [3.63, 3.8) is 0 Å². The number of nitriles is 1. The summed E-state index contributed by atoms with van der Waals surface area (Å²) in [6, 6.07) is 9.13. The minimum absolute atomic E-state index is 0.157. The standard InChI is InChI=1S/C14H18F2N2O2/c15-14(16)11-18(7-9-19)8-10-20-13-3-1-12(2-4-13)5-6-17/h1-4,14,19H,5,7-11H2. The van der Waals surface area contributed by atoms with E-state index in [-0.39, 0.29) is 26.3 Å². The van der Waals surface area contributed by atoms with E-state index in [1.54, 1.807) is 24.3 Å². The fraction of sp³-hybridized carbons (Fsp3) is 0.500. The van der Waals surface area contributed by atoms with Crippen molar-refractivity contribution in [1.82, 2.24) is 4.90 Å². The van der Waals surface area contributed by atoms with E-state index in [1.165, 1.54) is 4.90 Å². The number of alkyl halides is 2. The van der Waals surface area contributed by atoms with E-state index in [0.717, 1.165) is 5.56 Å². The third-order valence-electron chi connectivity index (χ3n) is 2.70. The number of hydrogen-bond donors (Lipinski definition) is 1. The molecule has 0 aliphatic heterocycles. The predicted molar refractivity (Wildman–Crippen MR) is 70.8 cm³/mol. The lowest BCUT2D eigenvalue weighted by molar-refractivity contribution is 0.0709. The fourth-order valence-electron chi connectivity index (χ4n) is 1.72. The zero-order chi connectivity index (χ0) is 14.8. The van der Waals surface area contributed by atoms with Crippen LogP contribution < -0.4 is 4.74 Å². The molecule has 0 fully saturated rings. The molecule has 0 radical (unpaired) electrons. The zero-order valence-corrected chi connectivity index (χ0v) is 11.1. The first kappa shape index (κ1) is 16.3. The number of nitrogens with zero attached hydrogens (tertiary/aromatic N) is 2. The van der Waals surface area contributed by atoms with E-state index in [1.807, 2.05) is 0 Å². The topological polar surface area (TPSA) is 56.5 Å². The lowest BCUT2D eigenvalue weighted by Crippen LogP contribution is -2.35. The van der Waals surface area contributed by atoms with Gasteiger partial charge in [0, 0.05) is 13.1 Å². The summed E-state index contributed by atoms with van der Waals surface area (Å²) in [5.41, 5.74) is 0.902. The summed E-state index contributed by atoms with van der Waals surface area (Å²) in [4.78, 5) is 1.45. The minimum Gasteiger partial charge on any atom is -0.492 e. The Bertz CT molecular complexity index is 418. The molecule has 0 aliphatic rings. The Morgan fingerprint density at radius 2 is 1.95 bits per heavy atom. The van der Waals surface area contributed by atoms with Gasteiger partial charge in [-0.1, -0.05) is 12.1 Å². The van der Waals surface area contributed by atoms with Gasteiger partial charge in [-0.25, -0.2) is 8.78 Å². The van der Waals surface area contributed by atoms with Gasteiger partial charge in [0.25, 0.3) is 6.43 Å². The molecule has 0 bridgehead atoms. The van der Waals surface area contributed by atoms with Gasteiger partial charge in [0.05, 0.1) is 25.6 Å². The van der Waals surface area contributed by atoms with E-state index in [2.05, 4.69) is 6.07 Å². The van der Waals surface area contributed by atoms with Crippen LogP contribution in [0.15, 0.2) is 24.3 Å². The highest BCUT2D eigenvalue weighted by Gasteiger charge is 2.11. The van der Waals surface area contributed by atoms with Crippen LogP contribution in [0.25, 0.3) is 0 Å². The van der Waals surface area contributed by atoms with E-state index < -0.39 is 6.43 Å². The number of ether oxygens (including phenoxy) is 1. The minimum atomic E-state index is -2.42. The number of rotatable bonds is 9. The van der Waals surface area contributed by atoms with Crippen LogP contribution in [0.3, 0.4) is 0 Å². The molecule has 0 atom stereocenters. The first-order valence-corrected chi connectivity index (χ1v) is 6.35. The number of aliphatic hydroxyl groups is 1. The van der Waals surface area contributed by atoms with Gasteiger partial charge < -0.3 is 9.84 Å². The SMILES string of the molecule is N#CCc1ccc(OCCN(CCO)CC(F)F)cc1. The van der Waals surface area contributed by atoms with Crippen LogP contribution in [0.4, 0.5) is 8.78 Å². The van der Waals surface area contributed by atoms with Crippen LogP contribution in [0.5, 0.6) is 5.75 Å². The summed E-state index contributed by atoms with van der Waals surface area (Å²) in [6.07, 6.45) is -2.08. The molecule has 0 saturated carbocycles. The van der Waals surface area contributed by atoms with Crippen molar-refractivity contribution in [3.05, 3.63) is 29.8 Å². The summed E-state index contributed by atoms with van der Waals surface area (Å²) in [6.45, 7) is 0.268. The summed E-state index contributed by atoms with van der Waals surface area (Å²) < 4.78 is 30.0. The van der Waals surface area contributed by atoms with Crippen LogP contribution in [-0.4, -0.2) is 49.3 Å². The molecule has 110 valence electrons. The van der Waals surface area contributed by atoms with Crippen LogP contribution in [0, 0.1) is 11.3 Å². The summed E-state index contributed by atoms with van der Waals surface area (Å²) in [5, 5.41) is 17.3. The van der Waals surface area contributed by atoms with E-state index in [4.69, 9.17) is 15.1 Å². The molecule has 1 rings (SSSR count). The summed E-state index contributed by atoms with van der Waals surface area (Å²) >= 11 is 0. The van der Waals surface area contributed by atoms with Crippen LogP contribution in [0.1, 0.15) is 5.56 Å². The van der Waals surface area contributed by atoms with Crippen molar-refractivity contribution < 1.29 is 18.6 Å². The Hall–Kier alpha value is -1.71. The molecule has 0 amide bonds. The third-order valence-corrected chi connectivity index (χ3v) is 2.70. The molecule has 0 aliphatic carbocycles. The van der Waals surface area contributed by atoms with Crippen molar-refractivity contribution in [1.29, 1.82) is 5.26 Å². The Morgan fingerprint density at radius 1 is 1.25 bits per heavy atom. The highest BCUT2D eigenvalue weighted by molar-refractivity contribution is 5.28. The quantitative estimate of drug-likeness (QED) is 0.750. The molecule has 0 unspecified atom stereocenters. The van der Waals surface area contributed by atoms with Crippen LogP contribution in [-0.2, 0) is 6.42 Å². The Labute approximate surface area is 117 Å². The smallest absolute Gasteiger partial charge is 0.251 e. The van der Waals surface area contributed by atoms with E-state index in [9.17, 15) is 8.78 Å². The molecule has 0 aromatic heterocycles. The van der Waals surface area contributed by atoms with Crippen LogP contribution >= 0.6 is 0 Å². The van der Waals surface area contributed by atoms with Gasteiger partial charge in [0.1, 0.15) is 12.4 Å². The maximum Gasteiger partial charge on any atom is 0.251 e. The number of hydrogen-bond acceptors (Lipinski definition) is 4. The first-order chi connectivity index (χ1) is 9.65. The normalized spacial score (nSPS) is 10.8. The second-order valence-electron chi connectivity index (χ2n) is 4.24. The largest absolute Gasteiger partial charge is 0.492 e. The molecular formula is C14H18F2N2O2. The monoisotopic (exact) mass is 284 g/mol. The van der Waals surface area contributed by atoms with Gasteiger partial charge in [0.15, 0.2) is 0 Å². The number of aliphatic hydroxyl groups excluding tert-OH is 1. The first-order valence-electron chi connectivity index (χ1n) is 6.35. The van der Waals surface area contributed by atoms with Gasteiger partial charge >= 0.3 is 0 Å². The lowest BCUT2D eigenvalue weighted by Gasteiger charge is -2.20. The molecular weight excluding hydrogens is 266 g/mol. The molecule has 1 aromatic rings. The Balaban J connectivity index is 2.36. The second-order valence-corrected chi connectivity index (χ2v) is 4.24. The van der Waals surface area contributed by atoms with Gasteiger partial charge in [-0.05, 0) is 17.7 Å². The Kier molecular flexibility index (Phi) is 7.55. The third kappa shape index (κ3) is 6.45. The maximum atomic E-state index is 12.3. The molecule has 20 heavy (non-hydrogen) atoms. The molecule has 0 heterocycles. The van der Waals surface area contributed by atoms with Gasteiger partial charge in [-0.15, -0.1) is 0 Å². The van der Waals surface area contributed by atoms with Crippen molar-refractivity contribution in [2.75, 3.05) is 32.8 Å². The van der Waals surface area contributed by atoms with Crippen LogP contribution in [0.2, 0.25) is 0 Å². The molecule has 0 saturated heterocycles. The van der Waals surface area contributed by atoms with Gasteiger partial charge in [0.2, 0.25) is 0 Å². The van der Waals surface area contributed by atoms with E-state index >= 15 is 0 Å². The Morgan fingerprint density at radius 3 is 2.50 bits per heavy atom. The summed E-state index contributed by atoms with van der Waals surface area (Å²) in [5.74, 6) is 0.632. The molecule has 1 aromatic carbocycles. The lowest BCUT2D eigenvalue weighted by atomic mass is 10.2. The van der Waals surface area contributed by atoms with Gasteiger partial charge in [-0.2, -0.15) is 5.26 Å². The molecule has 4 nitrogen and oxygen atoms in total. The van der Waals surface area contributed by atoms with E-state index in [0.29, 0.717) is 18.7 Å². The average molecular weight is 284 g/mol. The van der Waals surface area contributed by atoms with Crippen molar-refractivity contribution in [2.24, 2.45) is 0 Å². The van der Waals surface area contributed by atoms with Crippen molar-refractivity contribution in [3.8, 4) is 11.8 Å². The zero-order valence-electron chi connectivity index (χ0n) is 11.1. The summed E-state index contributed by atoms with van der Waals surface area (Å²) in [7, 11) is 0. The maximum absolute atomic E-state index is 12.3. The number of benzene rings is 1. The molecule has 1 N–H and O–H groups in total. The average Bonchev–Trinajstić information content (AvgIpc) is 2.40.